The van der Waals surface area contributed by atoms with Crippen molar-refractivity contribution >= 4 is 17.3 Å². The normalized spacial score (nSPS) is 10.9. The summed E-state index contributed by atoms with van der Waals surface area (Å²) in [6, 6.07) is 6.20. The lowest BCUT2D eigenvalue weighted by molar-refractivity contribution is 0.112. The lowest BCUT2D eigenvalue weighted by Crippen LogP contribution is -1.96. The maximum Gasteiger partial charge on any atom is 0.162 e. The van der Waals surface area contributed by atoms with E-state index in [4.69, 9.17) is 0 Å². The fraction of sp³-hybridized carbons (Fsp3) is 0.188. The molecule has 100 valence electrons. The zero-order chi connectivity index (χ0) is 14.3. The van der Waals surface area contributed by atoms with Gasteiger partial charge in [-0.15, -0.1) is 0 Å². The van der Waals surface area contributed by atoms with Gasteiger partial charge in [0.25, 0.3) is 0 Å². The van der Waals surface area contributed by atoms with Crippen LogP contribution in [0.25, 0.3) is 22.4 Å². The molecular formula is C16H15N3O. The molecule has 0 radical (unpaired) electrons. The molecule has 0 bridgehead atoms. The minimum atomic E-state index is 0.602. The number of hydrogen-bond acceptors (Lipinski definition) is 3. The molecule has 4 heteroatoms. The molecule has 0 atom stereocenters. The molecule has 0 saturated carbocycles. The summed E-state index contributed by atoms with van der Waals surface area (Å²) in [5, 5.41) is 0.800. The maximum absolute atomic E-state index is 11.0. The summed E-state index contributed by atoms with van der Waals surface area (Å²) in [6.45, 7) is 6.02. The maximum atomic E-state index is 11.0. The molecule has 0 aliphatic heterocycles. The van der Waals surface area contributed by atoms with Crippen LogP contribution >= 0.6 is 0 Å². The molecule has 0 spiro atoms. The van der Waals surface area contributed by atoms with Crippen LogP contribution in [0.4, 0.5) is 0 Å². The van der Waals surface area contributed by atoms with Crippen LogP contribution in [0.5, 0.6) is 0 Å². The summed E-state index contributed by atoms with van der Waals surface area (Å²) >= 11 is 0. The van der Waals surface area contributed by atoms with Gasteiger partial charge in [0.2, 0.25) is 0 Å². The number of H-pyrrole nitrogens is 1. The summed E-state index contributed by atoms with van der Waals surface area (Å²) < 4.78 is 0. The van der Waals surface area contributed by atoms with Crippen LogP contribution in [0.1, 0.15) is 27.2 Å². The highest BCUT2D eigenvalue weighted by Gasteiger charge is 2.12. The van der Waals surface area contributed by atoms with Crippen molar-refractivity contribution in [1.82, 2.24) is 15.0 Å². The number of nitrogens with zero attached hydrogens (tertiary/aromatic N) is 2. The SMILES string of the molecule is Cc1ccc(-c2nc(C)c3c(C=O)c[nH]c3n2)c(C)c1. The third kappa shape index (κ3) is 1.90. The van der Waals surface area contributed by atoms with Crippen LogP contribution in [0, 0.1) is 20.8 Å². The van der Waals surface area contributed by atoms with Gasteiger partial charge in [-0.2, -0.15) is 0 Å². The molecule has 0 unspecified atom stereocenters. The smallest absolute Gasteiger partial charge is 0.162 e. The van der Waals surface area contributed by atoms with Gasteiger partial charge in [0.1, 0.15) is 5.65 Å². The molecule has 0 fully saturated rings. The topological polar surface area (TPSA) is 58.6 Å². The number of aromatic nitrogens is 3. The Morgan fingerprint density at radius 2 is 1.95 bits per heavy atom. The van der Waals surface area contributed by atoms with Crippen molar-refractivity contribution in [3.05, 3.63) is 46.8 Å². The summed E-state index contributed by atoms with van der Waals surface area (Å²) in [6.07, 6.45) is 2.50. The fourth-order valence-electron chi connectivity index (χ4n) is 2.52. The minimum Gasteiger partial charge on any atom is -0.345 e. The zero-order valence-corrected chi connectivity index (χ0v) is 11.7. The Labute approximate surface area is 116 Å². The van der Waals surface area contributed by atoms with Crippen LogP contribution < -0.4 is 0 Å². The molecule has 1 N–H and O–H groups in total. The molecule has 3 rings (SSSR count). The number of carbonyl (C=O) groups is 1. The van der Waals surface area contributed by atoms with Crippen LogP contribution in [-0.2, 0) is 0 Å². The highest BCUT2D eigenvalue weighted by Crippen LogP contribution is 2.25. The Balaban J connectivity index is 2.25. The molecule has 2 aromatic heterocycles. The van der Waals surface area contributed by atoms with E-state index in [1.807, 2.05) is 13.0 Å². The summed E-state index contributed by atoms with van der Waals surface area (Å²) in [7, 11) is 0. The number of fused-ring (bicyclic) bond motifs is 1. The Morgan fingerprint density at radius 1 is 1.15 bits per heavy atom. The van der Waals surface area contributed by atoms with Gasteiger partial charge in [0.05, 0.1) is 11.1 Å². The van der Waals surface area contributed by atoms with Crippen molar-refractivity contribution in [3.63, 3.8) is 0 Å². The van der Waals surface area contributed by atoms with Crippen molar-refractivity contribution in [2.75, 3.05) is 0 Å². The van der Waals surface area contributed by atoms with E-state index in [0.717, 1.165) is 28.5 Å². The number of aryl methyl sites for hydroxylation is 3. The van der Waals surface area contributed by atoms with Gasteiger partial charge < -0.3 is 4.98 Å². The predicted molar refractivity (Wildman–Crippen MR) is 78.9 cm³/mol. The number of rotatable bonds is 2. The third-order valence-corrected chi connectivity index (χ3v) is 3.49. The Hall–Kier alpha value is -2.49. The lowest BCUT2D eigenvalue weighted by atomic mass is 10.0. The van der Waals surface area contributed by atoms with Crippen LogP contribution in [0.3, 0.4) is 0 Å². The van der Waals surface area contributed by atoms with E-state index in [1.165, 1.54) is 5.56 Å². The molecule has 1 aromatic carbocycles. The summed E-state index contributed by atoms with van der Waals surface area (Å²) in [5.41, 5.74) is 5.49. The standard InChI is InChI=1S/C16H15N3O/c1-9-4-5-13(10(2)6-9)15-18-11(3)14-12(8-20)7-17-16(14)19-15/h4-8H,1-3H3,(H,17,18,19). The molecular weight excluding hydrogens is 250 g/mol. The fourth-order valence-corrected chi connectivity index (χ4v) is 2.52. The lowest BCUT2D eigenvalue weighted by Gasteiger charge is -2.07. The molecule has 0 saturated heterocycles. The van der Waals surface area contributed by atoms with E-state index >= 15 is 0 Å². The van der Waals surface area contributed by atoms with Crippen LogP contribution in [0.2, 0.25) is 0 Å². The van der Waals surface area contributed by atoms with Gasteiger partial charge in [-0.3, -0.25) is 4.79 Å². The van der Waals surface area contributed by atoms with E-state index in [0.29, 0.717) is 17.0 Å². The molecule has 4 nitrogen and oxygen atoms in total. The van der Waals surface area contributed by atoms with E-state index in [2.05, 4.69) is 40.9 Å². The van der Waals surface area contributed by atoms with E-state index in [9.17, 15) is 4.79 Å². The first kappa shape index (κ1) is 12.5. The Morgan fingerprint density at radius 3 is 2.65 bits per heavy atom. The zero-order valence-electron chi connectivity index (χ0n) is 11.7. The van der Waals surface area contributed by atoms with Crippen molar-refractivity contribution in [2.45, 2.75) is 20.8 Å². The second-order valence-corrected chi connectivity index (χ2v) is 5.04. The van der Waals surface area contributed by atoms with Gasteiger partial charge in [-0.25, -0.2) is 9.97 Å². The predicted octanol–water partition coefficient (Wildman–Crippen LogP) is 3.36. The number of carbonyl (C=O) groups excluding carboxylic acids is 1. The first-order valence-corrected chi connectivity index (χ1v) is 6.48. The van der Waals surface area contributed by atoms with E-state index in [1.54, 1.807) is 6.20 Å². The summed E-state index contributed by atoms with van der Waals surface area (Å²) in [5.74, 6) is 0.687. The Kier molecular flexibility index (Phi) is 2.86. The number of aldehydes is 1. The third-order valence-electron chi connectivity index (χ3n) is 3.49. The van der Waals surface area contributed by atoms with E-state index < -0.39 is 0 Å². The van der Waals surface area contributed by atoms with Gasteiger partial charge in [0, 0.05) is 17.3 Å². The number of hydrogen-bond donors (Lipinski definition) is 1. The number of aromatic amines is 1. The highest BCUT2D eigenvalue weighted by atomic mass is 16.1. The van der Waals surface area contributed by atoms with Gasteiger partial charge in [0.15, 0.2) is 12.1 Å². The molecule has 20 heavy (non-hydrogen) atoms. The highest BCUT2D eigenvalue weighted by molar-refractivity contribution is 5.97. The summed E-state index contributed by atoms with van der Waals surface area (Å²) in [4.78, 5) is 23.1. The Bertz CT molecular complexity index is 818. The van der Waals surface area contributed by atoms with Gasteiger partial charge >= 0.3 is 0 Å². The second-order valence-electron chi connectivity index (χ2n) is 5.04. The quantitative estimate of drug-likeness (QED) is 0.723. The van der Waals surface area contributed by atoms with Crippen molar-refractivity contribution in [2.24, 2.45) is 0 Å². The van der Waals surface area contributed by atoms with E-state index in [-0.39, 0.29) is 0 Å². The first-order chi connectivity index (χ1) is 9.60. The average Bonchev–Trinajstić information content (AvgIpc) is 2.82. The number of benzene rings is 1. The molecule has 2 heterocycles. The van der Waals surface area contributed by atoms with Crippen molar-refractivity contribution < 1.29 is 4.79 Å². The first-order valence-electron chi connectivity index (χ1n) is 6.48. The number of nitrogens with one attached hydrogen (secondary N) is 1. The van der Waals surface area contributed by atoms with Crippen molar-refractivity contribution in [3.8, 4) is 11.4 Å². The molecule has 3 aromatic rings. The van der Waals surface area contributed by atoms with Crippen LogP contribution in [0.15, 0.2) is 24.4 Å². The average molecular weight is 265 g/mol. The molecule has 0 aliphatic rings. The second kappa shape index (κ2) is 4.56. The minimum absolute atomic E-state index is 0.602. The van der Waals surface area contributed by atoms with Crippen LogP contribution in [-0.4, -0.2) is 21.2 Å². The molecule has 0 amide bonds. The van der Waals surface area contributed by atoms with Gasteiger partial charge in [-0.1, -0.05) is 23.8 Å². The van der Waals surface area contributed by atoms with Gasteiger partial charge in [-0.05, 0) is 26.3 Å². The monoisotopic (exact) mass is 265 g/mol. The van der Waals surface area contributed by atoms with Crippen molar-refractivity contribution in [1.29, 1.82) is 0 Å². The largest absolute Gasteiger partial charge is 0.345 e. The molecule has 0 aliphatic carbocycles.